The molecule has 20 heavy (non-hydrogen) atoms. The number of para-hydroxylation sites is 1. The molecule has 2 N–H and O–H groups in total. The third-order valence-electron chi connectivity index (χ3n) is 3.00. The quantitative estimate of drug-likeness (QED) is 0.776. The normalized spacial score (nSPS) is 10.6. The number of aromatic amines is 1. The predicted octanol–water partition coefficient (Wildman–Crippen LogP) is 2.52. The Bertz CT molecular complexity index is 806. The van der Waals surface area contributed by atoms with Crippen LogP contribution in [0.3, 0.4) is 0 Å². The lowest BCUT2D eigenvalue weighted by Gasteiger charge is -2.04. The second kappa shape index (κ2) is 5.30. The summed E-state index contributed by atoms with van der Waals surface area (Å²) < 4.78 is 0. The highest BCUT2D eigenvalue weighted by Gasteiger charge is 2.11. The lowest BCUT2D eigenvalue weighted by Crippen LogP contribution is -2.28. The van der Waals surface area contributed by atoms with E-state index in [1.54, 1.807) is 17.4 Å². The largest absolute Gasteiger partial charge is 0.347 e. The first kappa shape index (κ1) is 12.6. The first-order chi connectivity index (χ1) is 9.74. The van der Waals surface area contributed by atoms with Crippen LogP contribution in [-0.4, -0.2) is 10.9 Å². The number of pyridine rings is 1. The summed E-state index contributed by atoms with van der Waals surface area (Å²) >= 11 is 1.57. The Kier molecular flexibility index (Phi) is 3.35. The van der Waals surface area contributed by atoms with Crippen LogP contribution in [0.15, 0.2) is 52.6 Å². The average molecular weight is 284 g/mol. The molecule has 0 spiro atoms. The predicted molar refractivity (Wildman–Crippen MR) is 80.1 cm³/mol. The maximum Gasteiger partial charge on any atom is 0.261 e. The van der Waals surface area contributed by atoms with E-state index in [4.69, 9.17) is 0 Å². The second-order valence-electron chi connectivity index (χ2n) is 4.36. The molecule has 1 amide bonds. The van der Waals surface area contributed by atoms with Crippen LogP contribution < -0.4 is 10.9 Å². The second-order valence-corrected chi connectivity index (χ2v) is 5.39. The molecule has 0 bridgehead atoms. The van der Waals surface area contributed by atoms with Crippen LogP contribution in [0, 0.1) is 0 Å². The monoisotopic (exact) mass is 284 g/mol. The highest BCUT2D eigenvalue weighted by atomic mass is 32.1. The van der Waals surface area contributed by atoms with Crippen molar-refractivity contribution in [1.29, 1.82) is 0 Å². The Labute approximate surface area is 119 Å². The van der Waals surface area contributed by atoms with Crippen LogP contribution in [0.4, 0.5) is 0 Å². The van der Waals surface area contributed by atoms with Crippen molar-refractivity contribution in [1.82, 2.24) is 10.3 Å². The van der Waals surface area contributed by atoms with Gasteiger partial charge >= 0.3 is 0 Å². The highest BCUT2D eigenvalue weighted by molar-refractivity contribution is 7.09. The van der Waals surface area contributed by atoms with E-state index in [0.717, 1.165) is 15.8 Å². The first-order valence-corrected chi connectivity index (χ1v) is 7.04. The summed E-state index contributed by atoms with van der Waals surface area (Å²) in [6.07, 6.45) is 0. The number of H-pyrrole nitrogens is 1. The maximum absolute atomic E-state index is 12.1. The summed E-state index contributed by atoms with van der Waals surface area (Å²) in [5.41, 5.74) is 0.500. The highest BCUT2D eigenvalue weighted by Crippen LogP contribution is 2.11. The first-order valence-electron chi connectivity index (χ1n) is 6.17. The molecular formula is C15H12N2O2S. The Morgan fingerprint density at radius 2 is 2.05 bits per heavy atom. The van der Waals surface area contributed by atoms with Gasteiger partial charge in [0.05, 0.1) is 6.54 Å². The third kappa shape index (κ3) is 2.48. The zero-order valence-corrected chi connectivity index (χ0v) is 11.4. The molecule has 5 heteroatoms. The Morgan fingerprint density at radius 1 is 1.20 bits per heavy atom. The Balaban J connectivity index is 1.87. The number of amides is 1. The Morgan fingerprint density at radius 3 is 2.85 bits per heavy atom. The van der Waals surface area contributed by atoms with Gasteiger partial charge in [-0.15, -0.1) is 11.3 Å². The van der Waals surface area contributed by atoms with E-state index in [0.29, 0.717) is 6.54 Å². The van der Waals surface area contributed by atoms with E-state index < -0.39 is 0 Å². The van der Waals surface area contributed by atoms with E-state index in [1.807, 2.05) is 41.8 Å². The lowest BCUT2D eigenvalue weighted by molar-refractivity contribution is 0.0950. The molecule has 0 aliphatic carbocycles. The number of carbonyl (C=O) groups is 1. The molecule has 0 saturated carbocycles. The zero-order valence-electron chi connectivity index (χ0n) is 10.6. The summed E-state index contributed by atoms with van der Waals surface area (Å²) in [6.45, 7) is 0.433. The zero-order chi connectivity index (χ0) is 13.9. The molecule has 2 heterocycles. The average Bonchev–Trinajstić information content (AvgIpc) is 2.97. The van der Waals surface area contributed by atoms with Crippen LogP contribution in [-0.2, 0) is 6.54 Å². The van der Waals surface area contributed by atoms with Crippen molar-refractivity contribution in [3.05, 3.63) is 68.6 Å². The maximum atomic E-state index is 12.1. The van der Waals surface area contributed by atoms with Crippen molar-refractivity contribution in [3.8, 4) is 0 Å². The van der Waals surface area contributed by atoms with Gasteiger partial charge in [0, 0.05) is 10.4 Å². The van der Waals surface area contributed by atoms with Gasteiger partial charge < -0.3 is 10.3 Å². The molecule has 0 saturated heterocycles. The van der Waals surface area contributed by atoms with Gasteiger partial charge in [0.1, 0.15) is 5.56 Å². The summed E-state index contributed by atoms with van der Waals surface area (Å²) in [4.78, 5) is 27.8. The summed E-state index contributed by atoms with van der Waals surface area (Å²) in [6, 6.07) is 12.9. The molecule has 0 unspecified atom stereocenters. The van der Waals surface area contributed by atoms with Gasteiger partial charge in [-0.1, -0.05) is 24.3 Å². The fourth-order valence-electron chi connectivity index (χ4n) is 1.99. The SMILES string of the molecule is O=C(NCc1cccs1)c1cc2ccccc2[nH]c1=O. The number of rotatable bonds is 3. The molecule has 3 aromatic rings. The van der Waals surface area contributed by atoms with E-state index in [-0.39, 0.29) is 17.0 Å². The number of aromatic nitrogens is 1. The Hall–Kier alpha value is -2.40. The standard InChI is InChI=1S/C15H12N2O2S/c18-14(16-9-11-5-3-7-20-11)12-8-10-4-1-2-6-13(10)17-15(12)19/h1-8H,9H2,(H,16,18)(H,17,19). The van der Waals surface area contributed by atoms with Crippen LogP contribution >= 0.6 is 11.3 Å². The lowest BCUT2D eigenvalue weighted by atomic mass is 10.1. The molecular weight excluding hydrogens is 272 g/mol. The summed E-state index contributed by atoms with van der Waals surface area (Å²) in [7, 11) is 0. The van der Waals surface area contributed by atoms with E-state index in [1.165, 1.54) is 0 Å². The van der Waals surface area contributed by atoms with Gasteiger partial charge in [-0.25, -0.2) is 0 Å². The molecule has 100 valence electrons. The van der Waals surface area contributed by atoms with Crippen molar-refractivity contribution in [3.63, 3.8) is 0 Å². The molecule has 0 aliphatic rings. The van der Waals surface area contributed by atoms with Gasteiger partial charge in [-0.05, 0) is 29.0 Å². The fraction of sp³-hybridized carbons (Fsp3) is 0.0667. The van der Waals surface area contributed by atoms with Crippen molar-refractivity contribution in [2.45, 2.75) is 6.54 Å². The number of nitrogens with one attached hydrogen (secondary N) is 2. The number of hydrogen-bond acceptors (Lipinski definition) is 3. The number of hydrogen-bond donors (Lipinski definition) is 2. The van der Waals surface area contributed by atoms with Gasteiger partial charge in [0.25, 0.3) is 11.5 Å². The van der Waals surface area contributed by atoms with Crippen molar-refractivity contribution in [2.24, 2.45) is 0 Å². The van der Waals surface area contributed by atoms with Gasteiger partial charge in [0.15, 0.2) is 0 Å². The van der Waals surface area contributed by atoms with Crippen LogP contribution in [0.5, 0.6) is 0 Å². The van der Waals surface area contributed by atoms with Gasteiger partial charge in [0.2, 0.25) is 0 Å². The minimum Gasteiger partial charge on any atom is -0.347 e. The number of carbonyl (C=O) groups excluding carboxylic acids is 1. The van der Waals surface area contributed by atoms with Crippen LogP contribution in [0.1, 0.15) is 15.2 Å². The minimum absolute atomic E-state index is 0.139. The molecule has 0 radical (unpaired) electrons. The van der Waals surface area contributed by atoms with Gasteiger partial charge in [-0.2, -0.15) is 0 Å². The molecule has 2 aromatic heterocycles. The van der Waals surface area contributed by atoms with Crippen molar-refractivity contribution in [2.75, 3.05) is 0 Å². The van der Waals surface area contributed by atoms with Crippen molar-refractivity contribution >= 4 is 28.1 Å². The number of benzene rings is 1. The molecule has 0 aliphatic heterocycles. The topological polar surface area (TPSA) is 62.0 Å². The number of thiophene rings is 1. The van der Waals surface area contributed by atoms with Crippen LogP contribution in [0.2, 0.25) is 0 Å². The summed E-state index contributed by atoms with van der Waals surface area (Å²) in [5, 5.41) is 5.55. The van der Waals surface area contributed by atoms with E-state index in [2.05, 4.69) is 10.3 Å². The smallest absolute Gasteiger partial charge is 0.261 e. The number of fused-ring (bicyclic) bond motifs is 1. The molecule has 4 nitrogen and oxygen atoms in total. The van der Waals surface area contributed by atoms with Crippen molar-refractivity contribution < 1.29 is 4.79 Å². The molecule has 0 atom stereocenters. The third-order valence-corrected chi connectivity index (χ3v) is 3.88. The van der Waals surface area contributed by atoms with E-state index >= 15 is 0 Å². The summed E-state index contributed by atoms with van der Waals surface area (Å²) in [5.74, 6) is -0.356. The molecule has 1 aromatic carbocycles. The minimum atomic E-state index is -0.368. The molecule has 0 fully saturated rings. The van der Waals surface area contributed by atoms with Crippen LogP contribution in [0.25, 0.3) is 10.9 Å². The van der Waals surface area contributed by atoms with E-state index in [9.17, 15) is 9.59 Å². The molecule has 3 rings (SSSR count). The van der Waals surface area contributed by atoms with Gasteiger partial charge in [-0.3, -0.25) is 9.59 Å². The fourth-order valence-corrected chi connectivity index (χ4v) is 2.64.